The Hall–Kier alpha value is -14.6. The summed E-state index contributed by atoms with van der Waals surface area (Å²) in [6.45, 7) is 15.9. The fourth-order valence-corrected chi connectivity index (χ4v) is 20.4. The van der Waals surface area contributed by atoms with E-state index >= 15 is 0 Å². The average Bonchev–Trinajstić information content (AvgIpc) is 1.62. The minimum absolute atomic E-state index is 0.0475. The number of morpholine rings is 2. The van der Waals surface area contributed by atoms with E-state index in [0.717, 1.165) is 221 Å². The number of rotatable bonds is 23. The highest BCUT2D eigenvalue weighted by molar-refractivity contribution is 6.31. The molecule has 25 rings (SSSR count). The van der Waals surface area contributed by atoms with E-state index in [0.29, 0.717) is 60.3 Å². The molecule has 20 aromatic rings. The second kappa shape index (κ2) is 47.3. The topological polar surface area (TPSA) is 188 Å². The zero-order chi connectivity index (χ0) is 101. The second-order valence-electron chi connectivity index (χ2n) is 38.0. The lowest BCUT2D eigenvalue weighted by atomic mass is 10.1. The maximum atomic E-state index is 13.1. The van der Waals surface area contributed by atoms with Gasteiger partial charge < -0.3 is 51.1 Å². The molecule has 26 heteroatoms. The molecular weight excluding hydrogens is 1940 g/mol. The maximum absolute atomic E-state index is 13.1. The highest BCUT2D eigenvalue weighted by Gasteiger charge is 2.33. The predicted molar refractivity (Wildman–Crippen MR) is 596 cm³/mol. The van der Waals surface area contributed by atoms with Gasteiger partial charge in [0.05, 0.1) is 96.5 Å². The molecule has 5 fully saturated rings. The Kier molecular flexibility index (Phi) is 31.9. The van der Waals surface area contributed by atoms with E-state index < -0.39 is 0 Å². The highest BCUT2D eigenvalue weighted by Crippen LogP contribution is 2.43. The van der Waals surface area contributed by atoms with Crippen molar-refractivity contribution in [1.29, 1.82) is 0 Å². The van der Waals surface area contributed by atoms with E-state index in [2.05, 4.69) is 231 Å². The number of imidazole rings is 5. The molecule has 750 valence electrons. The zero-order valence-electron chi connectivity index (χ0n) is 82.9. The number of fused-ring (bicyclic) bond motifs is 5. The molecule has 4 aliphatic heterocycles. The van der Waals surface area contributed by atoms with Gasteiger partial charge in [0.25, 0.3) is 0 Å². The number of pyridine rings is 5. The van der Waals surface area contributed by atoms with E-state index in [1.54, 1.807) is 7.11 Å². The van der Waals surface area contributed by atoms with Crippen LogP contribution in [0.4, 0.5) is 0 Å². The summed E-state index contributed by atoms with van der Waals surface area (Å²) < 4.78 is 26.9. The third-order valence-corrected chi connectivity index (χ3v) is 29.1. The quantitative estimate of drug-likeness (QED) is 0.0636. The van der Waals surface area contributed by atoms with Crippen LogP contribution in [-0.2, 0) is 63.1 Å². The van der Waals surface area contributed by atoms with Gasteiger partial charge in [0.2, 0.25) is 11.8 Å². The lowest BCUT2D eigenvalue weighted by Gasteiger charge is -2.34. The summed E-state index contributed by atoms with van der Waals surface area (Å²) >= 11 is 24.4. The summed E-state index contributed by atoms with van der Waals surface area (Å²) in [7, 11) is 1.56. The molecule has 10 aromatic carbocycles. The van der Waals surface area contributed by atoms with Crippen LogP contribution in [0.2, 0.25) is 20.1 Å². The van der Waals surface area contributed by atoms with E-state index in [1.165, 1.54) is 57.7 Å². The van der Waals surface area contributed by atoms with Crippen LogP contribution in [0.3, 0.4) is 0 Å². The van der Waals surface area contributed by atoms with Gasteiger partial charge in [-0.3, -0.25) is 29.2 Å². The molecule has 0 spiro atoms. The Morgan fingerprint density at radius 3 is 1.03 bits per heavy atom. The smallest absolute Gasteiger partial charge is 0.248 e. The van der Waals surface area contributed by atoms with Crippen LogP contribution in [0.1, 0.15) is 58.5 Å². The van der Waals surface area contributed by atoms with Crippen molar-refractivity contribution in [3.8, 4) is 101 Å². The third-order valence-electron chi connectivity index (χ3n) is 28.1. The summed E-state index contributed by atoms with van der Waals surface area (Å²) in [5.41, 5.74) is 32.1. The third kappa shape index (κ3) is 24.1. The summed E-state index contributed by atoms with van der Waals surface area (Å²) in [5.74, 6) is 0.865. The number of benzene rings is 10. The minimum Gasteiger partial charge on any atom is -0.390 e. The number of halogens is 4. The van der Waals surface area contributed by atoms with Crippen LogP contribution < -0.4 is 0 Å². The number of methoxy groups -OCH3 is 1. The van der Waals surface area contributed by atoms with Gasteiger partial charge in [-0.1, -0.05) is 277 Å². The molecule has 0 radical (unpaired) electrons. The normalized spacial score (nSPS) is 14.8. The van der Waals surface area contributed by atoms with Crippen LogP contribution in [0, 0.1) is 0 Å². The van der Waals surface area contributed by atoms with Crippen molar-refractivity contribution >= 4 is 86.5 Å². The molecule has 1 aliphatic carbocycles. The monoisotopic (exact) mass is 2050 g/mol. The highest BCUT2D eigenvalue weighted by atomic mass is 35.5. The molecule has 22 nitrogen and oxygen atoms in total. The number of carbonyl (C=O) groups excluding carboxylic acids is 2. The maximum Gasteiger partial charge on any atom is 0.248 e. The fourth-order valence-electron chi connectivity index (χ4n) is 19.9. The zero-order valence-corrected chi connectivity index (χ0v) is 85.9. The number of hydrogen-bond donors (Lipinski definition) is 1. The first-order chi connectivity index (χ1) is 73.2. The SMILES string of the molecule is COCC(=O)N1CCN(Cc2c(-c3ccc(Cl)cc3)nc3ccc(-c4ccccc4)cn23)CC1.Clc1ccc(-c2nc3cc(-c4ccccc4)ccn3c2CN2CCOCC2)cc1.O=C1CN(Cc2c(-c3ccc(Cl)cc3)nc3ccc(-c4ccccc4)cn23)CCN1Cc1ccccc1.OCc1c(-c2ccc(Cl)cc2)nc2ccc(-c3ccccc3)cn12.c1ccc(-c2ccc3nc(C4CC4)c(CN4CCOCC4)n3c2)cc1. The number of aliphatic hydroxyl groups excluding tert-OH is 1. The van der Waals surface area contributed by atoms with Crippen LogP contribution in [0.25, 0.3) is 129 Å². The van der Waals surface area contributed by atoms with Crippen LogP contribution >= 0.6 is 46.4 Å². The number of carbonyl (C=O) groups is 2. The largest absolute Gasteiger partial charge is 0.390 e. The van der Waals surface area contributed by atoms with Gasteiger partial charge in [-0.25, -0.2) is 24.9 Å². The Labute approximate surface area is 886 Å². The van der Waals surface area contributed by atoms with Crippen molar-refractivity contribution in [2.75, 3.05) is 112 Å². The molecule has 4 saturated heterocycles. The summed E-state index contributed by atoms with van der Waals surface area (Å²) in [4.78, 5) is 63.3. The van der Waals surface area contributed by atoms with E-state index in [1.807, 2.05) is 196 Å². The number of amides is 2. The first-order valence-corrected chi connectivity index (χ1v) is 52.3. The van der Waals surface area contributed by atoms with Gasteiger partial charge >= 0.3 is 0 Å². The molecule has 10 aromatic heterocycles. The van der Waals surface area contributed by atoms with Crippen molar-refractivity contribution in [3.05, 3.63) is 431 Å². The van der Waals surface area contributed by atoms with Crippen molar-refractivity contribution in [1.82, 2.24) is 76.3 Å². The van der Waals surface area contributed by atoms with Crippen LogP contribution in [0.15, 0.2) is 371 Å². The molecule has 0 bridgehead atoms. The summed E-state index contributed by atoms with van der Waals surface area (Å²) in [6, 6.07) is 114. The first kappa shape index (κ1) is 100. The lowest BCUT2D eigenvalue weighted by molar-refractivity contribution is -0.137. The van der Waals surface area contributed by atoms with E-state index in [-0.39, 0.29) is 25.0 Å². The molecule has 0 unspecified atom stereocenters. The van der Waals surface area contributed by atoms with Crippen LogP contribution in [-0.4, -0.2) is 205 Å². The minimum atomic E-state index is -0.0859. The Balaban J connectivity index is 0.000000110. The lowest BCUT2D eigenvalue weighted by Crippen LogP contribution is -2.49. The van der Waals surface area contributed by atoms with Crippen molar-refractivity contribution in [3.63, 3.8) is 0 Å². The number of aliphatic hydroxyl groups is 1. The predicted octanol–water partition coefficient (Wildman–Crippen LogP) is 24.5. The molecular formula is C123H114Cl4N16O6. The Morgan fingerprint density at radius 1 is 0.322 bits per heavy atom. The van der Waals surface area contributed by atoms with Crippen molar-refractivity contribution in [2.45, 2.75) is 58.1 Å². The summed E-state index contributed by atoms with van der Waals surface area (Å²) in [6.07, 6.45) is 13.3. The Bertz CT molecular complexity index is 7960. The summed E-state index contributed by atoms with van der Waals surface area (Å²) in [5, 5.41) is 12.7. The molecule has 5 aliphatic rings. The van der Waals surface area contributed by atoms with Crippen molar-refractivity contribution < 1.29 is 28.9 Å². The van der Waals surface area contributed by atoms with Gasteiger partial charge in [-0.05, 0) is 183 Å². The van der Waals surface area contributed by atoms with Gasteiger partial charge in [0, 0.05) is 185 Å². The second-order valence-corrected chi connectivity index (χ2v) is 39.7. The standard InChI is InChI=1S/C31H27ClN4O.C27H27ClN4O2.C24H22ClN3O.C21H23N3O.C20H15ClN2O/c32-27-14-11-25(12-15-27)31-28(36-20-26(13-16-29(36)33-31)24-9-5-2-6-10-24)21-34-17-18-35(30(37)22-34)19-23-7-3-1-4-8-23;1-34-19-26(33)31-15-13-30(14-16-31)18-24-27(21-7-10-23(28)11-8-21)29-25-12-9-22(17-32(24)25)20-5-3-2-4-6-20;25-21-8-6-19(7-9-21)24-22(17-27-12-14-29-15-13-27)28-11-10-20(16-23(28)26-24)18-4-2-1-3-5-18;1-2-4-16(5-3-1)18-8-9-20-22-21(17-6-7-17)19(24(20)14-18)15-23-10-12-25-13-11-23;21-17-9-6-15(7-10-17)20-18(13-24)23-12-16(8-11-19(23)22-20)14-4-2-1-3-5-14/h1-16,20H,17-19,21-22H2;2-12,17H,13-16,18-19H2,1H3;1-11,16H,12-15,17H2;1-5,8-9,14,17H,6-7,10-13,15H2;1-12,24H,13H2. The van der Waals surface area contributed by atoms with E-state index in [9.17, 15) is 14.7 Å². The Morgan fingerprint density at radius 2 is 0.644 bits per heavy atom. The molecule has 1 saturated carbocycles. The molecule has 2 amide bonds. The molecule has 14 heterocycles. The number of aromatic nitrogens is 10. The van der Waals surface area contributed by atoms with Gasteiger partial charge in [-0.15, -0.1) is 0 Å². The number of hydrogen-bond acceptors (Lipinski definition) is 15. The van der Waals surface area contributed by atoms with Gasteiger partial charge in [0.15, 0.2) is 0 Å². The molecule has 149 heavy (non-hydrogen) atoms. The van der Waals surface area contributed by atoms with Gasteiger partial charge in [0.1, 0.15) is 34.8 Å². The molecule has 0 atom stereocenters. The van der Waals surface area contributed by atoms with E-state index in [4.69, 9.17) is 80.6 Å². The average molecular weight is 2050 g/mol. The number of ether oxygens (including phenoxy) is 3. The van der Waals surface area contributed by atoms with Gasteiger partial charge in [-0.2, -0.15) is 0 Å². The number of nitrogens with zero attached hydrogens (tertiary/aromatic N) is 16. The fraction of sp³-hybridized carbons (Fsp3) is 0.211. The molecule has 1 N–H and O–H groups in total. The van der Waals surface area contributed by atoms with Crippen molar-refractivity contribution in [2.24, 2.45) is 0 Å². The number of piperazine rings is 2. The van der Waals surface area contributed by atoms with Crippen LogP contribution in [0.5, 0.6) is 0 Å². The first-order valence-electron chi connectivity index (χ1n) is 50.8.